The van der Waals surface area contributed by atoms with Crippen LogP contribution in [0.5, 0.6) is 0 Å². The van der Waals surface area contributed by atoms with Crippen LogP contribution in [-0.4, -0.2) is 30.3 Å². The second-order valence-corrected chi connectivity index (χ2v) is 5.06. The molecule has 0 unspecified atom stereocenters. The van der Waals surface area contributed by atoms with Gasteiger partial charge >= 0.3 is 6.03 Å². The highest BCUT2D eigenvalue weighted by Gasteiger charge is 2.13. The summed E-state index contributed by atoms with van der Waals surface area (Å²) in [5.41, 5.74) is 0.998. The number of hydrogen-bond acceptors (Lipinski definition) is 3. The minimum absolute atomic E-state index is 0.148. The zero-order valence-electron chi connectivity index (χ0n) is 11.7. The van der Waals surface area contributed by atoms with Gasteiger partial charge in [-0.25, -0.2) is 4.79 Å². The summed E-state index contributed by atoms with van der Waals surface area (Å²) in [6.45, 7) is 3.11. The average Bonchev–Trinajstić information content (AvgIpc) is 2.44. The summed E-state index contributed by atoms with van der Waals surface area (Å²) in [7, 11) is 0. The standard InChI is InChI=1S/C14H21N3O3/c1-10-8-11(9-16-13(10)18)17-14(19)15-6-5-12-4-2-3-7-20-12/h8-9,12H,2-7H2,1H3,(H,16,18)(H2,15,17,19)/t12-/m1/s1. The molecule has 0 aliphatic carbocycles. The highest BCUT2D eigenvalue weighted by molar-refractivity contribution is 5.89. The molecule has 6 heteroatoms. The molecule has 110 valence electrons. The van der Waals surface area contributed by atoms with Gasteiger partial charge in [-0.2, -0.15) is 0 Å². The molecule has 2 rings (SSSR count). The van der Waals surface area contributed by atoms with E-state index in [-0.39, 0.29) is 17.7 Å². The van der Waals surface area contributed by atoms with Crippen molar-refractivity contribution in [2.24, 2.45) is 0 Å². The first-order valence-electron chi connectivity index (χ1n) is 7.01. The third-order valence-corrected chi connectivity index (χ3v) is 3.37. The number of urea groups is 1. The van der Waals surface area contributed by atoms with Gasteiger partial charge < -0.3 is 20.4 Å². The average molecular weight is 279 g/mol. The van der Waals surface area contributed by atoms with E-state index in [0.29, 0.717) is 17.8 Å². The highest BCUT2D eigenvalue weighted by Crippen LogP contribution is 2.14. The Bertz CT molecular complexity index is 507. The molecule has 1 aromatic heterocycles. The molecule has 0 bridgehead atoms. The summed E-state index contributed by atoms with van der Waals surface area (Å²) < 4.78 is 5.60. The fourth-order valence-electron chi connectivity index (χ4n) is 2.23. The number of carbonyl (C=O) groups is 1. The van der Waals surface area contributed by atoms with Gasteiger partial charge in [-0.05, 0) is 38.7 Å². The Hall–Kier alpha value is -1.82. The number of H-pyrrole nitrogens is 1. The number of aromatic nitrogens is 1. The molecule has 6 nitrogen and oxygen atoms in total. The number of carbonyl (C=O) groups excluding carboxylic acids is 1. The first-order valence-corrected chi connectivity index (χ1v) is 7.01. The molecule has 0 spiro atoms. The Balaban J connectivity index is 1.71. The van der Waals surface area contributed by atoms with Crippen molar-refractivity contribution in [3.63, 3.8) is 0 Å². The molecule has 2 heterocycles. The molecule has 3 N–H and O–H groups in total. The van der Waals surface area contributed by atoms with Crippen molar-refractivity contribution >= 4 is 11.7 Å². The van der Waals surface area contributed by atoms with Crippen LogP contribution in [0.15, 0.2) is 17.1 Å². The van der Waals surface area contributed by atoms with Gasteiger partial charge in [0.05, 0.1) is 11.8 Å². The zero-order chi connectivity index (χ0) is 14.4. The zero-order valence-corrected chi connectivity index (χ0v) is 11.7. The van der Waals surface area contributed by atoms with Crippen molar-refractivity contribution in [1.29, 1.82) is 0 Å². The number of aryl methyl sites for hydroxylation is 1. The summed E-state index contributed by atoms with van der Waals surface area (Å²) >= 11 is 0. The van der Waals surface area contributed by atoms with Crippen LogP contribution in [0.4, 0.5) is 10.5 Å². The van der Waals surface area contributed by atoms with Crippen LogP contribution in [0.3, 0.4) is 0 Å². The summed E-state index contributed by atoms with van der Waals surface area (Å²) in [5, 5.41) is 5.48. The number of aromatic amines is 1. The lowest BCUT2D eigenvalue weighted by Gasteiger charge is -2.22. The summed E-state index contributed by atoms with van der Waals surface area (Å²) in [5.74, 6) is 0. The van der Waals surface area contributed by atoms with Crippen LogP contribution in [-0.2, 0) is 4.74 Å². The number of nitrogens with one attached hydrogen (secondary N) is 3. The first kappa shape index (κ1) is 14.6. The smallest absolute Gasteiger partial charge is 0.319 e. The summed E-state index contributed by atoms with van der Waals surface area (Å²) in [6.07, 6.45) is 5.99. The van der Waals surface area contributed by atoms with Crippen molar-refractivity contribution in [3.8, 4) is 0 Å². The van der Waals surface area contributed by atoms with Crippen molar-refractivity contribution in [2.45, 2.75) is 38.7 Å². The minimum atomic E-state index is -0.271. The van der Waals surface area contributed by atoms with Crippen LogP contribution in [0.1, 0.15) is 31.2 Å². The van der Waals surface area contributed by atoms with Crippen LogP contribution in [0.25, 0.3) is 0 Å². The third kappa shape index (κ3) is 4.38. The van der Waals surface area contributed by atoms with Crippen molar-refractivity contribution in [2.75, 3.05) is 18.5 Å². The monoisotopic (exact) mass is 279 g/mol. The number of ether oxygens (including phenoxy) is 1. The Morgan fingerprint density at radius 1 is 1.50 bits per heavy atom. The van der Waals surface area contributed by atoms with Gasteiger partial charge in [0.15, 0.2) is 0 Å². The van der Waals surface area contributed by atoms with Gasteiger partial charge in [0, 0.05) is 24.9 Å². The molecular formula is C14H21N3O3. The fourth-order valence-corrected chi connectivity index (χ4v) is 2.23. The van der Waals surface area contributed by atoms with E-state index < -0.39 is 0 Å². The quantitative estimate of drug-likeness (QED) is 0.785. The van der Waals surface area contributed by atoms with E-state index >= 15 is 0 Å². The molecule has 0 saturated carbocycles. The predicted octanol–water partition coefficient (Wildman–Crippen LogP) is 1.76. The van der Waals surface area contributed by atoms with E-state index in [4.69, 9.17) is 4.74 Å². The first-order chi connectivity index (χ1) is 9.65. The van der Waals surface area contributed by atoms with Crippen molar-refractivity contribution < 1.29 is 9.53 Å². The SMILES string of the molecule is Cc1cc(NC(=O)NCC[C@H]2CCCCO2)c[nH]c1=O. The van der Waals surface area contributed by atoms with E-state index in [0.717, 1.165) is 25.9 Å². The van der Waals surface area contributed by atoms with Crippen LogP contribution in [0.2, 0.25) is 0 Å². The molecule has 0 radical (unpaired) electrons. The predicted molar refractivity (Wildman–Crippen MR) is 77.0 cm³/mol. The molecule has 1 atom stereocenters. The van der Waals surface area contributed by atoms with Gasteiger partial charge in [0.1, 0.15) is 0 Å². The Kier molecular flexibility index (Phi) is 5.17. The largest absolute Gasteiger partial charge is 0.378 e. The van der Waals surface area contributed by atoms with Gasteiger partial charge in [0.2, 0.25) is 0 Å². The summed E-state index contributed by atoms with van der Waals surface area (Å²) in [6, 6.07) is 1.37. The lowest BCUT2D eigenvalue weighted by Crippen LogP contribution is -2.32. The van der Waals surface area contributed by atoms with Gasteiger partial charge in [-0.3, -0.25) is 4.79 Å². The van der Waals surface area contributed by atoms with E-state index in [1.807, 2.05) is 0 Å². The topological polar surface area (TPSA) is 83.2 Å². The second-order valence-electron chi connectivity index (χ2n) is 5.06. The molecule has 2 amide bonds. The number of hydrogen-bond donors (Lipinski definition) is 3. The Morgan fingerprint density at radius 3 is 3.05 bits per heavy atom. The Morgan fingerprint density at radius 2 is 2.35 bits per heavy atom. The van der Waals surface area contributed by atoms with Gasteiger partial charge in [-0.1, -0.05) is 0 Å². The maximum absolute atomic E-state index is 11.7. The van der Waals surface area contributed by atoms with E-state index in [1.165, 1.54) is 12.6 Å². The van der Waals surface area contributed by atoms with Gasteiger partial charge in [0.25, 0.3) is 5.56 Å². The van der Waals surface area contributed by atoms with Gasteiger partial charge in [-0.15, -0.1) is 0 Å². The Labute approximate surface area is 117 Å². The number of amides is 2. The molecule has 1 aromatic rings. The van der Waals surface area contributed by atoms with E-state index in [9.17, 15) is 9.59 Å². The lowest BCUT2D eigenvalue weighted by molar-refractivity contribution is 0.0120. The molecule has 1 fully saturated rings. The number of pyridine rings is 1. The van der Waals surface area contributed by atoms with Crippen LogP contribution in [0, 0.1) is 6.92 Å². The van der Waals surface area contributed by atoms with Crippen molar-refractivity contribution in [3.05, 3.63) is 28.2 Å². The maximum atomic E-state index is 11.7. The lowest BCUT2D eigenvalue weighted by atomic mass is 10.1. The van der Waals surface area contributed by atoms with E-state index in [1.54, 1.807) is 13.0 Å². The molecule has 1 aliphatic rings. The number of rotatable bonds is 4. The van der Waals surface area contributed by atoms with Crippen molar-refractivity contribution in [1.82, 2.24) is 10.3 Å². The fraction of sp³-hybridized carbons (Fsp3) is 0.571. The molecule has 1 aliphatic heterocycles. The molecule has 1 saturated heterocycles. The molecule has 20 heavy (non-hydrogen) atoms. The second kappa shape index (κ2) is 7.09. The van der Waals surface area contributed by atoms with Crippen LogP contribution < -0.4 is 16.2 Å². The summed E-state index contributed by atoms with van der Waals surface area (Å²) in [4.78, 5) is 25.5. The minimum Gasteiger partial charge on any atom is -0.378 e. The maximum Gasteiger partial charge on any atom is 0.319 e. The third-order valence-electron chi connectivity index (χ3n) is 3.37. The normalized spacial score (nSPS) is 18.6. The number of anilines is 1. The van der Waals surface area contributed by atoms with Crippen LogP contribution >= 0.6 is 0 Å². The molecule has 0 aromatic carbocycles. The molecular weight excluding hydrogens is 258 g/mol. The highest BCUT2D eigenvalue weighted by atomic mass is 16.5. The van der Waals surface area contributed by atoms with E-state index in [2.05, 4.69) is 15.6 Å².